The van der Waals surface area contributed by atoms with E-state index in [0.717, 1.165) is 19.0 Å². The molecule has 0 bridgehead atoms. The van der Waals surface area contributed by atoms with E-state index in [4.69, 9.17) is 0 Å². The molecule has 2 rings (SSSR count). The summed E-state index contributed by atoms with van der Waals surface area (Å²) in [5.74, 6) is 0.760. The van der Waals surface area contributed by atoms with E-state index in [1.165, 1.54) is 30.0 Å². The van der Waals surface area contributed by atoms with Gasteiger partial charge in [-0.2, -0.15) is 0 Å². The first-order valence-corrected chi connectivity index (χ1v) is 8.54. The second kappa shape index (κ2) is 7.20. The summed E-state index contributed by atoms with van der Waals surface area (Å²) >= 11 is 1.81. The SMILES string of the molecule is CSc1ccc(N2CCCNC(CC(C)C)C2)cc1. The van der Waals surface area contributed by atoms with Crippen molar-refractivity contribution in [3.05, 3.63) is 24.3 Å². The van der Waals surface area contributed by atoms with E-state index in [2.05, 4.69) is 54.6 Å². The number of nitrogens with zero attached hydrogens (tertiary/aromatic N) is 1. The highest BCUT2D eigenvalue weighted by Crippen LogP contribution is 2.22. The zero-order chi connectivity index (χ0) is 13.7. The van der Waals surface area contributed by atoms with Crippen molar-refractivity contribution in [2.24, 2.45) is 5.92 Å². The molecule has 1 fully saturated rings. The van der Waals surface area contributed by atoms with Gasteiger partial charge in [0.05, 0.1) is 0 Å². The lowest BCUT2D eigenvalue weighted by Crippen LogP contribution is -2.38. The molecule has 1 atom stereocenters. The monoisotopic (exact) mass is 278 g/mol. The van der Waals surface area contributed by atoms with Crippen LogP contribution in [0.25, 0.3) is 0 Å². The smallest absolute Gasteiger partial charge is 0.0367 e. The Labute approximate surface area is 122 Å². The second-order valence-electron chi connectivity index (χ2n) is 5.78. The molecule has 0 saturated carbocycles. The van der Waals surface area contributed by atoms with Gasteiger partial charge < -0.3 is 10.2 Å². The molecular weight excluding hydrogens is 252 g/mol. The van der Waals surface area contributed by atoms with Crippen molar-refractivity contribution < 1.29 is 0 Å². The van der Waals surface area contributed by atoms with Crippen molar-refractivity contribution >= 4 is 17.4 Å². The average molecular weight is 278 g/mol. The van der Waals surface area contributed by atoms with Crippen molar-refractivity contribution in [3.8, 4) is 0 Å². The summed E-state index contributed by atoms with van der Waals surface area (Å²) in [6.45, 7) is 8.07. The van der Waals surface area contributed by atoms with Crippen LogP contribution in [0, 0.1) is 5.92 Å². The van der Waals surface area contributed by atoms with Crippen LogP contribution in [0.5, 0.6) is 0 Å². The van der Waals surface area contributed by atoms with Gasteiger partial charge in [0.25, 0.3) is 0 Å². The summed E-state index contributed by atoms with van der Waals surface area (Å²) in [5.41, 5.74) is 1.37. The maximum Gasteiger partial charge on any atom is 0.0367 e. The fourth-order valence-corrected chi connectivity index (χ4v) is 3.16. The lowest BCUT2D eigenvalue weighted by molar-refractivity contribution is 0.436. The molecule has 1 N–H and O–H groups in total. The fourth-order valence-electron chi connectivity index (χ4n) is 2.75. The lowest BCUT2D eigenvalue weighted by Gasteiger charge is -2.27. The molecule has 1 aliphatic heterocycles. The first-order valence-electron chi connectivity index (χ1n) is 7.31. The highest BCUT2D eigenvalue weighted by molar-refractivity contribution is 7.98. The van der Waals surface area contributed by atoms with E-state index in [1.807, 2.05) is 0 Å². The van der Waals surface area contributed by atoms with E-state index in [-0.39, 0.29) is 0 Å². The van der Waals surface area contributed by atoms with E-state index in [9.17, 15) is 0 Å². The van der Waals surface area contributed by atoms with Crippen LogP contribution in [0.15, 0.2) is 29.2 Å². The van der Waals surface area contributed by atoms with Gasteiger partial charge in [0, 0.05) is 29.7 Å². The van der Waals surface area contributed by atoms with Crippen LogP contribution in [-0.4, -0.2) is 31.9 Å². The summed E-state index contributed by atoms with van der Waals surface area (Å²) < 4.78 is 0. The molecule has 0 spiro atoms. The number of benzene rings is 1. The van der Waals surface area contributed by atoms with Crippen LogP contribution in [0.3, 0.4) is 0 Å². The Bertz CT molecular complexity index is 375. The third-order valence-electron chi connectivity index (χ3n) is 3.67. The summed E-state index contributed by atoms with van der Waals surface area (Å²) in [5, 5.41) is 3.69. The van der Waals surface area contributed by atoms with E-state index in [0.29, 0.717) is 6.04 Å². The minimum atomic E-state index is 0.628. The summed E-state index contributed by atoms with van der Waals surface area (Å²) in [7, 11) is 0. The number of thioether (sulfide) groups is 1. The van der Waals surface area contributed by atoms with Crippen molar-refractivity contribution in [3.63, 3.8) is 0 Å². The normalized spacial score (nSPS) is 20.6. The molecule has 1 heterocycles. The van der Waals surface area contributed by atoms with Gasteiger partial charge in [0.15, 0.2) is 0 Å². The van der Waals surface area contributed by atoms with Crippen LogP contribution in [-0.2, 0) is 0 Å². The predicted octanol–water partition coefficient (Wildman–Crippen LogP) is 3.62. The average Bonchev–Trinajstić information content (AvgIpc) is 2.64. The van der Waals surface area contributed by atoms with Crippen LogP contribution in [0.1, 0.15) is 26.7 Å². The van der Waals surface area contributed by atoms with Gasteiger partial charge in [-0.3, -0.25) is 0 Å². The van der Waals surface area contributed by atoms with Gasteiger partial charge in [0.2, 0.25) is 0 Å². The van der Waals surface area contributed by atoms with Crippen LogP contribution >= 0.6 is 11.8 Å². The van der Waals surface area contributed by atoms with Crippen molar-refractivity contribution in [2.75, 3.05) is 30.8 Å². The van der Waals surface area contributed by atoms with Crippen molar-refractivity contribution in [2.45, 2.75) is 37.6 Å². The van der Waals surface area contributed by atoms with Gasteiger partial charge in [-0.15, -0.1) is 11.8 Å². The molecule has 1 unspecified atom stereocenters. The first-order chi connectivity index (χ1) is 9.19. The molecule has 3 heteroatoms. The standard InChI is InChI=1S/C16H26N2S/c1-13(2)11-14-12-18(10-4-9-17-14)15-5-7-16(19-3)8-6-15/h5-8,13-14,17H,4,9-12H2,1-3H3. The van der Waals surface area contributed by atoms with Gasteiger partial charge in [-0.1, -0.05) is 13.8 Å². The van der Waals surface area contributed by atoms with E-state index < -0.39 is 0 Å². The number of rotatable bonds is 4. The van der Waals surface area contributed by atoms with Gasteiger partial charge in [0.1, 0.15) is 0 Å². The van der Waals surface area contributed by atoms with Gasteiger partial charge in [-0.25, -0.2) is 0 Å². The Balaban J connectivity index is 2.04. The minimum Gasteiger partial charge on any atom is -0.370 e. The molecule has 0 aliphatic carbocycles. The van der Waals surface area contributed by atoms with Crippen LogP contribution in [0.2, 0.25) is 0 Å². The molecule has 1 aliphatic rings. The largest absolute Gasteiger partial charge is 0.370 e. The predicted molar refractivity (Wildman–Crippen MR) is 86.3 cm³/mol. The summed E-state index contributed by atoms with van der Waals surface area (Å²) in [6.07, 6.45) is 4.63. The Hall–Kier alpha value is -0.670. The minimum absolute atomic E-state index is 0.628. The Kier molecular flexibility index (Phi) is 5.59. The molecule has 1 saturated heterocycles. The van der Waals surface area contributed by atoms with Crippen molar-refractivity contribution in [1.82, 2.24) is 5.32 Å². The zero-order valence-corrected chi connectivity index (χ0v) is 13.2. The Morgan fingerprint density at radius 2 is 2.05 bits per heavy atom. The highest BCUT2D eigenvalue weighted by atomic mass is 32.2. The molecular formula is C16H26N2S. The number of hydrogen-bond acceptors (Lipinski definition) is 3. The van der Waals surface area contributed by atoms with E-state index >= 15 is 0 Å². The summed E-state index contributed by atoms with van der Waals surface area (Å²) in [4.78, 5) is 3.88. The quantitative estimate of drug-likeness (QED) is 0.847. The lowest BCUT2D eigenvalue weighted by atomic mass is 10.0. The van der Waals surface area contributed by atoms with Crippen LogP contribution < -0.4 is 10.2 Å². The third kappa shape index (κ3) is 4.43. The van der Waals surface area contributed by atoms with E-state index in [1.54, 1.807) is 11.8 Å². The molecule has 0 radical (unpaired) electrons. The van der Waals surface area contributed by atoms with Crippen molar-refractivity contribution in [1.29, 1.82) is 0 Å². The molecule has 2 nitrogen and oxygen atoms in total. The summed E-state index contributed by atoms with van der Waals surface area (Å²) in [6, 6.07) is 9.63. The topological polar surface area (TPSA) is 15.3 Å². The second-order valence-corrected chi connectivity index (χ2v) is 6.66. The molecule has 0 amide bonds. The molecule has 0 aromatic heterocycles. The number of hydrogen-bond donors (Lipinski definition) is 1. The molecule has 106 valence electrons. The third-order valence-corrected chi connectivity index (χ3v) is 4.42. The van der Waals surface area contributed by atoms with Gasteiger partial charge >= 0.3 is 0 Å². The number of anilines is 1. The fraction of sp³-hybridized carbons (Fsp3) is 0.625. The molecule has 1 aromatic rings. The molecule has 1 aromatic carbocycles. The molecule has 19 heavy (non-hydrogen) atoms. The Morgan fingerprint density at radius 1 is 1.32 bits per heavy atom. The first kappa shape index (κ1) is 14.7. The zero-order valence-electron chi connectivity index (χ0n) is 12.4. The van der Waals surface area contributed by atoms with Gasteiger partial charge in [-0.05, 0) is 55.8 Å². The maximum atomic E-state index is 3.69. The Morgan fingerprint density at radius 3 is 2.68 bits per heavy atom. The number of nitrogens with one attached hydrogen (secondary N) is 1. The maximum absolute atomic E-state index is 3.69. The van der Waals surface area contributed by atoms with Crippen LogP contribution in [0.4, 0.5) is 5.69 Å². The highest BCUT2D eigenvalue weighted by Gasteiger charge is 2.18.